The molecule has 1 aromatic rings. The Hall–Kier alpha value is -1.42. The number of alkyl halides is 1. The first-order chi connectivity index (χ1) is 8.70. The summed E-state index contributed by atoms with van der Waals surface area (Å²) in [5.74, 6) is -0.698. The molecule has 1 aliphatic rings. The van der Waals surface area contributed by atoms with Crippen molar-refractivity contribution in [2.24, 2.45) is 5.92 Å². The minimum Gasteiger partial charge on any atom is -0.481 e. The molecule has 18 heavy (non-hydrogen) atoms. The molecule has 2 rings (SSSR count). The largest absolute Gasteiger partial charge is 0.481 e. The molecule has 3 nitrogen and oxygen atoms in total. The highest BCUT2D eigenvalue weighted by Crippen LogP contribution is 2.27. The van der Waals surface area contributed by atoms with Crippen LogP contribution in [0, 0.1) is 5.92 Å². The van der Waals surface area contributed by atoms with Crippen molar-refractivity contribution in [1.29, 1.82) is 0 Å². The van der Waals surface area contributed by atoms with Crippen molar-refractivity contribution >= 4 is 5.97 Å². The van der Waals surface area contributed by atoms with E-state index in [4.69, 9.17) is 5.11 Å². The maximum atomic E-state index is 12.6. The lowest BCUT2D eigenvalue weighted by atomic mass is 9.93. The van der Waals surface area contributed by atoms with Crippen LogP contribution >= 0.6 is 0 Å². The number of carboxylic acid groups (broad SMARTS) is 1. The molecule has 0 saturated heterocycles. The van der Waals surface area contributed by atoms with E-state index in [1.807, 2.05) is 24.3 Å². The molecule has 2 atom stereocenters. The van der Waals surface area contributed by atoms with Crippen molar-refractivity contribution < 1.29 is 14.3 Å². The van der Waals surface area contributed by atoms with Crippen LogP contribution in [0.2, 0.25) is 0 Å². The maximum Gasteiger partial charge on any atom is 0.303 e. The highest BCUT2D eigenvalue weighted by atomic mass is 19.1. The van der Waals surface area contributed by atoms with E-state index in [0.29, 0.717) is 13.0 Å². The molecular formula is C14H18FNO2. The third-order valence-electron chi connectivity index (χ3n) is 3.45. The van der Waals surface area contributed by atoms with E-state index in [1.165, 1.54) is 0 Å². The quantitative estimate of drug-likeness (QED) is 0.863. The van der Waals surface area contributed by atoms with Crippen molar-refractivity contribution in [3.05, 3.63) is 35.4 Å². The van der Waals surface area contributed by atoms with Crippen molar-refractivity contribution in [2.75, 3.05) is 13.2 Å². The van der Waals surface area contributed by atoms with Crippen LogP contribution in [0.25, 0.3) is 0 Å². The third-order valence-corrected chi connectivity index (χ3v) is 3.45. The van der Waals surface area contributed by atoms with Gasteiger partial charge in [-0.15, -0.1) is 0 Å². The molecule has 4 heteroatoms. The molecule has 0 aromatic heterocycles. The Morgan fingerprint density at radius 3 is 2.94 bits per heavy atom. The van der Waals surface area contributed by atoms with Gasteiger partial charge in [0.1, 0.15) is 0 Å². The Balaban J connectivity index is 2.21. The standard InChI is InChI=1S/C14H18FNO2/c15-6-5-13-12-4-2-1-3-11(12)7-10(9-16-13)8-14(17)18/h1-4,10,13,16H,5-9H2,(H,17,18). The van der Waals surface area contributed by atoms with Crippen molar-refractivity contribution in [3.8, 4) is 0 Å². The van der Waals surface area contributed by atoms with Gasteiger partial charge in [-0.3, -0.25) is 9.18 Å². The predicted octanol–water partition coefficient (Wildman–Crippen LogP) is 2.32. The van der Waals surface area contributed by atoms with Crippen LogP contribution in [-0.2, 0) is 11.2 Å². The molecule has 0 bridgehead atoms. The number of halogens is 1. The minimum atomic E-state index is -0.775. The van der Waals surface area contributed by atoms with Gasteiger partial charge >= 0.3 is 5.97 Å². The van der Waals surface area contributed by atoms with Gasteiger partial charge in [0.25, 0.3) is 0 Å². The van der Waals surface area contributed by atoms with Gasteiger partial charge in [-0.05, 0) is 36.4 Å². The maximum absolute atomic E-state index is 12.6. The Morgan fingerprint density at radius 2 is 2.22 bits per heavy atom. The third kappa shape index (κ3) is 3.07. The van der Waals surface area contributed by atoms with E-state index in [9.17, 15) is 9.18 Å². The lowest BCUT2D eigenvalue weighted by Crippen LogP contribution is -2.26. The number of hydrogen-bond acceptors (Lipinski definition) is 2. The van der Waals surface area contributed by atoms with Crippen LogP contribution in [0.3, 0.4) is 0 Å². The van der Waals surface area contributed by atoms with Gasteiger partial charge in [0.15, 0.2) is 0 Å². The summed E-state index contributed by atoms with van der Waals surface area (Å²) >= 11 is 0. The molecule has 98 valence electrons. The molecule has 1 aromatic carbocycles. The average Bonchev–Trinajstić information content (AvgIpc) is 2.50. The number of rotatable bonds is 4. The molecule has 2 unspecified atom stereocenters. The Bertz CT molecular complexity index is 422. The number of aliphatic carboxylic acids is 1. The van der Waals surface area contributed by atoms with Crippen LogP contribution in [-0.4, -0.2) is 24.3 Å². The van der Waals surface area contributed by atoms with Crippen LogP contribution in [0.15, 0.2) is 24.3 Å². The number of nitrogens with one attached hydrogen (secondary N) is 1. The molecule has 0 fully saturated rings. The van der Waals surface area contributed by atoms with E-state index in [2.05, 4.69) is 5.32 Å². The zero-order valence-corrected chi connectivity index (χ0v) is 10.2. The van der Waals surface area contributed by atoms with Crippen molar-refractivity contribution in [2.45, 2.75) is 25.3 Å². The Kier molecular flexibility index (Phi) is 4.31. The summed E-state index contributed by atoms with van der Waals surface area (Å²) < 4.78 is 12.6. The minimum absolute atomic E-state index is 0.00462. The van der Waals surface area contributed by atoms with Crippen LogP contribution in [0.1, 0.15) is 30.0 Å². The van der Waals surface area contributed by atoms with Gasteiger partial charge in [-0.2, -0.15) is 0 Å². The first-order valence-corrected chi connectivity index (χ1v) is 6.29. The Labute approximate surface area is 106 Å². The van der Waals surface area contributed by atoms with Gasteiger partial charge in [-0.25, -0.2) is 0 Å². The molecule has 0 spiro atoms. The summed E-state index contributed by atoms with van der Waals surface area (Å²) in [5, 5.41) is 12.2. The Morgan fingerprint density at radius 1 is 1.44 bits per heavy atom. The van der Waals surface area contributed by atoms with Gasteiger partial charge in [0.2, 0.25) is 0 Å². The van der Waals surface area contributed by atoms with E-state index in [-0.39, 0.29) is 25.1 Å². The summed E-state index contributed by atoms with van der Waals surface area (Å²) in [7, 11) is 0. The zero-order valence-electron chi connectivity index (χ0n) is 10.2. The molecule has 1 heterocycles. The molecule has 2 N–H and O–H groups in total. The highest BCUT2D eigenvalue weighted by molar-refractivity contribution is 5.67. The smallest absolute Gasteiger partial charge is 0.303 e. The summed E-state index contributed by atoms with van der Waals surface area (Å²) in [6.07, 6.45) is 1.35. The van der Waals surface area contributed by atoms with Gasteiger partial charge in [0.05, 0.1) is 6.67 Å². The zero-order chi connectivity index (χ0) is 13.0. The normalized spacial score (nSPS) is 23.2. The molecule has 0 radical (unpaired) electrons. The predicted molar refractivity (Wildman–Crippen MR) is 67.2 cm³/mol. The number of hydrogen-bond donors (Lipinski definition) is 2. The molecule has 0 aliphatic carbocycles. The summed E-state index contributed by atoms with van der Waals surface area (Å²) in [4.78, 5) is 10.8. The molecule has 0 saturated carbocycles. The number of benzene rings is 1. The van der Waals surface area contributed by atoms with Gasteiger partial charge < -0.3 is 10.4 Å². The topological polar surface area (TPSA) is 49.3 Å². The van der Waals surface area contributed by atoms with E-state index in [0.717, 1.165) is 17.5 Å². The number of carbonyl (C=O) groups is 1. The number of carboxylic acids is 1. The number of fused-ring (bicyclic) bond motifs is 1. The van der Waals surface area contributed by atoms with Crippen LogP contribution in [0.4, 0.5) is 4.39 Å². The summed E-state index contributed by atoms with van der Waals surface area (Å²) in [6, 6.07) is 7.93. The fourth-order valence-corrected chi connectivity index (χ4v) is 2.62. The summed E-state index contributed by atoms with van der Waals surface area (Å²) in [5.41, 5.74) is 2.26. The molecule has 1 aliphatic heterocycles. The molecular weight excluding hydrogens is 233 g/mol. The van der Waals surface area contributed by atoms with Crippen LogP contribution < -0.4 is 5.32 Å². The lowest BCUT2D eigenvalue weighted by Gasteiger charge is -2.17. The van der Waals surface area contributed by atoms with Gasteiger partial charge in [0, 0.05) is 12.5 Å². The average molecular weight is 251 g/mol. The fraction of sp³-hybridized carbons (Fsp3) is 0.500. The van der Waals surface area contributed by atoms with Crippen molar-refractivity contribution in [3.63, 3.8) is 0 Å². The second kappa shape index (κ2) is 5.96. The fourth-order valence-electron chi connectivity index (χ4n) is 2.62. The molecule has 0 amide bonds. The first kappa shape index (κ1) is 13.0. The summed E-state index contributed by atoms with van der Waals surface area (Å²) in [6.45, 7) is 0.265. The lowest BCUT2D eigenvalue weighted by molar-refractivity contribution is -0.138. The SMILES string of the molecule is O=C(O)CC1CNC(CCF)c2ccccc2C1. The second-order valence-electron chi connectivity index (χ2n) is 4.81. The first-order valence-electron chi connectivity index (χ1n) is 6.29. The van der Waals surface area contributed by atoms with Crippen LogP contribution in [0.5, 0.6) is 0 Å². The second-order valence-corrected chi connectivity index (χ2v) is 4.81. The van der Waals surface area contributed by atoms with Crippen molar-refractivity contribution in [1.82, 2.24) is 5.32 Å². The van der Waals surface area contributed by atoms with E-state index >= 15 is 0 Å². The monoisotopic (exact) mass is 251 g/mol. The van der Waals surface area contributed by atoms with E-state index < -0.39 is 5.97 Å². The van der Waals surface area contributed by atoms with E-state index in [1.54, 1.807) is 0 Å². The van der Waals surface area contributed by atoms with Gasteiger partial charge in [-0.1, -0.05) is 24.3 Å². The highest BCUT2D eigenvalue weighted by Gasteiger charge is 2.24.